The maximum atomic E-state index is 14.1. The van der Waals surface area contributed by atoms with Crippen molar-refractivity contribution in [3.63, 3.8) is 0 Å². The number of halogens is 5. The van der Waals surface area contributed by atoms with Crippen LogP contribution in [-0.2, 0) is 6.18 Å². The number of aromatic nitrogens is 2. The van der Waals surface area contributed by atoms with Crippen LogP contribution in [0.25, 0.3) is 11.1 Å². The van der Waals surface area contributed by atoms with Gasteiger partial charge in [0.25, 0.3) is 0 Å². The third kappa shape index (κ3) is 9.08. The van der Waals surface area contributed by atoms with Gasteiger partial charge in [-0.1, -0.05) is 26.7 Å². The van der Waals surface area contributed by atoms with Gasteiger partial charge in [0, 0.05) is 23.5 Å². The fourth-order valence-electron chi connectivity index (χ4n) is 3.03. The van der Waals surface area contributed by atoms with E-state index < -0.39 is 17.6 Å². The maximum Gasteiger partial charge on any atom is 0.416 e. The van der Waals surface area contributed by atoms with E-state index >= 15 is 0 Å². The summed E-state index contributed by atoms with van der Waals surface area (Å²) < 4.78 is 64.6. The van der Waals surface area contributed by atoms with Crippen LogP contribution in [0, 0.1) is 19.7 Å². The molecule has 0 saturated heterocycles. The Bertz CT molecular complexity index is 1120. The molecule has 1 aromatic carbocycles. The molecule has 9 heteroatoms. The molecule has 0 spiro atoms. The first-order valence-corrected chi connectivity index (χ1v) is 12.6. The van der Waals surface area contributed by atoms with Gasteiger partial charge >= 0.3 is 6.18 Å². The molecule has 0 saturated carbocycles. The summed E-state index contributed by atoms with van der Waals surface area (Å²) >= 11 is 3.41. The van der Waals surface area contributed by atoms with Gasteiger partial charge in [0.05, 0.1) is 23.2 Å². The summed E-state index contributed by atoms with van der Waals surface area (Å²) in [4.78, 5) is 8.27. The maximum absolute atomic E-state index is 14.1. The molecule has 2 heterocycles. The molecule has 0 fully saturated rings. The minimum Gasteiger partial charge on any atom is -0.477 e. The van der Waals surface area contributed by atoms with E-state index in [1.54, 1.807) is 13.0 Å². The molecule has 0 bridgehead atoms. The molecule has 0 aliphatic carbocycles. The Kier molecular flexibility index (Phi) is 11.6. The van der Waals surface area contributed by atoms with Crippen molar-refractivity contribution in [1.29, 1.82) is 0 Å². The van der Waals surface area contributed by atoms with Gasteiger partial charge in [0.15, 0.2) is 0 Å². The first-order valence-electron chi connectivity index (χ1n) is 11.8. The number of alkyl halides is 3. The number of unbranched alkanes of at least 4 members (excludes halogenated alkanes) is 2. The van der Waals surface area contributed by atoms with Crippen molar-refractivity contribution < 1.29 is 27.0 Å². The van der Waals surface area contributed by atoms with E-state index in [1.165, 1.54) is 6.20 Å². The molecule has 36 heavy (non-hydrogen) atoms. The van der Waals surface area contributed by atoms with Crippen molar-refractivity contribution in [2.75, 3.05) is 13.2 Å². The Morgan fingerprint density at radius 3 is 1.92 bits per heavy atom. The summed E-state index contributed by atoms with van der Waals surface area (Å²) in [6.45, 7) is 8.98. The second kappa shape index (κ2) is 14.2. The van der Waals surface area contributed by atoms with Crippen LogP contribution in [0.4, 0.5) is 17.6 Å². The van der Waals surface area contributed by atoms with Crippen LogP contribution in [0.15, 0.2) is 47.2 Å². The molecule has 0 N–H and O–H groups in total. The van der Waals surface area contributed by atoms with Gasteiger partial charge in [-0.05, 0) is 84.1 Å². The number of hydrogen-bond acceptors (Lipinski definition) is 4. The van der Waals surface area contributed by atoms with E-state index in [9.17, 15) is 17.6 Å². The summed E-state index contributed by atoms with van der Waals surface area (Å²) in [7, 11) is 0. The Labute approximate surface area is 218 Å². The van der Waals surface area contributed by atoms with Crippen LogP contribution in [0.1, 0.15) is 56.2 Å². The standard InChI is InChI=1S/C17H17F4NO.C10H14BrNO/c1-3-4-7-23-16-14(8-11(2)10-22-16)13-9-12(17(19,20)21)5-6-15(13)18;1-3-4-5-13-10-9(11)6-8(2)7-12-10/h5-6,8-10H,3-4,7H2,1-2H3;6-7H,3-5H2,1-2H3. The first kappa shape index (κ1) is 29.5. The van der Waals surface area contributed by atoms with Gasteiger partial charge in [-0.15, -0.1) is 0 Å². The Balaban J connectivity index is 0.000000297. The third-order valence-electron chi connectivity index (χ3n) is 4.99. The second-order valence-electron chi connectivity index (χ2n) is 8.26. The number of hydrogen-bond donors (Lipinski definition) is 0. The number of pyridine rings is 2. The van der Waals surface area contributed by atoms with E-state index in [0.29, 0.717) is 18.1 Å². The Morgan fingerprint density at radius 1 is 0.806 bits per heavy atom. The highest BCUT2D eigenvalue weighted by Crippen LogP contribution is 2.36. The number of nitrogens with zero attached hydrogens (tertiary/aromatic N) is 2. The highest BCUT2D eigenvalue weighted by Gasteiger charge is 2.31. The molecule has 3 aromatic rings. The number of benzene rings is 1. The average molecular weight is 571 g/mol. The molecular weight excluding hydrogens is 540 g/mol. The van der Waals surface area contributed by atoms with Crippen LogP contribution in [0.5, 0.6) is 11.8 Å². The number of rotatable bonds is 9. The molecule has 0 radical (unpaired) electrons. The lowest BCUT2D eigenvalue weighted by atomic mass is 10.0. The summed E-state index contributed by atoms with van der Waals surface area (Å²) in [6, 6.07) is 5.91. The Hall–Kier alpha value is -2.68. The fourth-order valence-corrected chi connectivity index (χ4v) is 3.60. The van der Waals surface area contributed by atoms with Crippen LogP contribution < -0.4 is 9.47 Å². The molecule has 3 rings (SSSR count). The molecule has 0 amide bonds. The summed E-state index contributed by atoms with van der Waals surface area (Å²) in [5.74, 6) is 0.0899. The molecule has 4 nitrogen and oxygen atoms in total. The zero-order chi connectivity index (χ0) is 26.7. The predicted octanol–water partition coefficient (Wildman–Crippen LogP) is 8.73. The molecule has 196 valence electrons. The van der Waals surface area contributed by atoms with Crippen LogP contribution in [-0.4, -0.2) is 23.2 Å². The van der Waals surface area contributed by atoms with Gasteiger partial charge in [0.2, 0.25) is 11.8 Å². The van der Waals surface area contributed by atoms with Crippen molar-refractivity contribution >= 4 is 15.9 Å². The van der Waals surface area contributed by atoms with Gasteiger partial charge in [-0.25, -0.2) is 14.4 Å². The summed E-state index contributed by atoms with van der Waals surface area (Å²) in [5, 5.41) is 0. The van der Waals surface area contributed by atoms with Gasteiger partial charge in [0.1, 0.15) is 5.82 Å². The van der Waals surface area contributed by atoms with Crippen LogP contribution in [0.2, 0.25) is 0 Å². The zero-order valence-corrected chi connectivity index (χ0v) is 22.5. The van der Waals surface area contributed by atoms with Crippen molar-refractivity contribution in [3.05, 3.63) is 69.7 Å². The number of ether oxygens (including phenoxy) is 2. The number of aryl methyl sites for hydroxylation is 2. The lowest BCUT2D eigenvalue weighted by Gasteiger charge is -2.14. The third-order valence-corrected chi connectivity index (χ3v) is 5.56. The van der Waals surface area contributed by atoms with Crippen LogP contribution >= 0.6 is 15.9 Å². The molecule has 2 aromatic heterocycles. The normalized spacial score (nSPS) is 11.0. The lowest BCUT2D eigenvalue weighted by Crippen LogP contribution is -2.06. The van der Waals surface area contributed by atoms with Gasteiger partial charge < -0.3 is 9.47 Å². The van der Waals surface area contributed by atoms with E-state index in [1.807, 2.05) is 26.1 Å². The molecule has 0 aliphatic heterocycles. The lowest BCUT2D eigenvalue weighted by molar-refractivity contribution is -0.137. The molecule has 0 aliphatic rings. The minimum atomic E-state index is -4.54. The van der Waals surface area contributed by atoms with E-state index in [4.69, 9.17) is 9.47 Å². The van der Waals surface area contributed by atoms with Crippen molar-refractivity contribution in [2.45, 2.75) is 59.6 Å². The second-order valence-corrected chi connectivity index (χ2v) is 9.12. The Morgan fingerprint density at radius 2 is 1.36 bits per heavy atom. The SMILES string of the molecule is CCCCOc1ncc(C)cc1-c1cc(C(F)(F)F)ccc1F.CCCCOc1ncc(C)cc1Br. The summed E-state index contributed by atoms with van der Waals surface area (Å²) in [5.41, 5.74) is 0.997. The monoisotopic (exact) mass is 570 g/mol. The average Bonchev–Trinajstić information content (AvgIpc) is 2.82. The van der Waals surface area contributed by atoms with Crippen molar-refractivity contribution in [3.8, 4) is 22.9 Å². The van der Waals surface area contributed by atoms with E-state index in [-0.39, 0.29) is 17.0 Å². The van der Waals surface area contributed by atoms with E-state index in [2.05, 4.69) is 32.8 Å². The largest absolute Gasteiger partial charge is 0.477 e. The van der Waals surface area contributed by atoms with Gasteiger partial charge in [-0.2, -0.15) is 13.2 Å². The first-order chi connectivity index (χ1) is 17.1. The van der Waals surface area contributed by atoms with Crippen LogP contribution in [0.3, 0.4) is 0 Å². The van der Waals surface area contributed by atoms with E-state index in [0.717, 1.165) is 60.5 Å². The summed E-state index contributed by atoms with van der Waals surface area (Å²) in [6.07, 6.45) is 2.70. The highest BCUT2D eigenvalue weighted by atomic mass is 79.9. The zero-order valence-electron chi connectivity index (χ0n) is 20.9. The predicted molar refractivity (Wildman–Crippen MR) is 137 cm³/mol. The van der Waals surface area contributed by atoms with Crippen molar-refractivity contribution in [2.24, 2.45) is 0 Å². The molecule has 0 unspecified atom stereocenters. The highest BCUT2D eigenvalue weighted by molar-refractivity contribution is 9.10. The quantitative estimate of drug-likeness (QED) is 0.190. The topological polar surface area (TPSA) is 44.2 Å². The fraction of sp³-hybridized carbons (Fsp3) is 0.407. The van der Waals surface area contributed by atoms with Gasteiger partial charge in [-0.3, -0.25) is 0 Å². The van der Waals surface area contributed by atoms with Crippen molar-refractivity contribution in [1.82, 2.24) is 9.97 Å². The smallest absolute Gasteiger partial charge is 0.416 e. The molecular formula is C27H31BrF4N2O2. The molecule has 0 atom stereocenters. The minimum absolute atomic E-state index is 0.141.